The molecular weight excluding hydrogens is 612 g/mol. The Kier molecular flexibility index (Phi) is 6.47. The monoisotopic (exact) mass is 656 g/mol. The Morgan fingerprint density at radius 1 is 1.04 bits per heavy atom. The molecule has 3 aliphatic carbocycles. The number of carbonyl (C=O) groups is 4. The summed E-state index contributed by atoms with van der Waals surface area (Å²) in [6.45, 7) is 12.4. The lowest BCUT2D eigenvalue weighted by Crippen LogP contribution is -2.73. The summed E-state index contributed by atoms with van der Waals surface area (Å²) in [5.41, 5.74) is -5.18. The SMILES string of the molecule is C/C=C(/C)C(=O)O[C@@H]1C[C@H]2C(C)(C)O[C@@H]3CC(=O)O[C@@]32C[C@@]2(O)C[C@H](OC(C)=O)[C@]34O[C@@H]([C@@H]5C=C(C)C(=O)O5)[C@@H](C)[C@H]3C[C@@H]3O[C@@]34[C@H]12. The molecule has 0 aromatic rings. The van der Waals surface area contributed by atoms with Gasteiger partial charge in [0.2, 0.25) is 0 Å². The highest BCUT2D eigenvalue weighted by Crippen LogP contribution is 2.77. The zero-order chi connectivity index (χ0) is 33.6. The molecule has 1 N–H and O–H groups in total. The van der Waals surface area contributed by atoms with E-state index in [1.54, 1.807) is 32.9 Å². The van der Waals surface area contributed by atoms with Crippen molar-refractivity contribution in [3.63, 3.8) is 0 Å². The van der Waals surface area contributed by atoms with Crippen LogP contribution in [0, 0.1) is 23.7 Å². The van der Waals surface area contributed by atoms with Gasteiger partial charge in [0.05, 0.1) is 29.6 Å². The van der Waals surface area contributed by atoms with Crippen LogP contribution in [-0.2, 0) is 52.3 Å². The highest BCUT2D eigenvalue weighted by Gasteiger charge is 2.92. The molecule has 0 aromatic heterocycles. The van der Waals surface area contributed by atoms with Crippen LogP contribution in [-0.4, -0.2) is 93.6 Å². The number of epoxide rings is 1. The van der Waals surface area contributed by atoms with Crippen LogP contribution in [0.1, 0.15) is 80.6 Å². The molecule has 3 spiro atoms. The Morgan fingerprint density at radius 3 is 2.45 bits per heavy atom. The molecule has 0 bridgehead atoms. The van der Waals surface area contributed by atoms with Crippen LogP contribution in [0.3, 0.4) is 0 Å². The van der Waals surface area contributed by atoms with Gasteiger partial charge >= 0.3 is 23.9 Å². The Morgan fingerprint density at radius 2 is 1.79 bits per heavy atom. The molecule has 4 saturated heterocycles. The maximum Gasteiger partial charge on any atom is 0.334 e. The minimum absolute atomic E-state index is 0.0106. The van der Waals surface area contributed by atoms with Gasteiger partial charge in [-0.05, 0) is 59.5 Å². The zero-order valence-electron chi connectivity index (χ0n) is 27.9. The van der Waals surface area contributed by atoms with E-state index in [2.05, 4.69) is 6.92 Å². The highest BCUT2D eigenvalue weighted by atomic mass is 16.7. The number of cyclic esters (lactones) is 1. The molecule has 3 saturated carbocycles. The molecule has 8 aliphatic rings. The van der Waals surface area contributed by atoms with Gasteiger partial charge in [-0.3, -0.25) is 9.59 Å². The van der Waals surface area contributed by atoms with E-state index in [1.165, 1.54) is 6.92 Å². The van der Waals surface area contributed by atoms with Crippen molar-refractivity contribution in [1.29, 1.82) is 0 Å². The standard InChI is InChI=1S/C35H44O12/c1-8-15(2)29(38)43-21-11-22-31(6,7)44-23-12-26(37)46-33(22,23)14-32(40)13-25(41-18(5)36)34-19(10-24-35(34,45-24)28(21)32)17(4)27(47-34)20-9-16(3)30(39)42-20/h8-9,17,19-25,27-28,40H,10-14H2,1-7H3/b15-8-/t17-,19+,20-,21+,22-,23+,24-,25-,27+,28+,32-,33+,34+,35+/m0/s1. The van der Waals surface area contributed by atoms with Gasteiger partial charge in [-0.2, -0.15) is 0 Å². The molecular formula is C35H44O12. The number of carbonyl (C=O) groups excluding carboxylic acids is 4. The second-order valence-electron chi connectivity index (χ2n) is 15.8. The van der Waals surface area contributed by atoms with Gasteiger partial charge in [-0.25, -0.2) is 9.59 Å². The topological polar surface area (TPSA) is 156 Å². The Balaban J connectivity index is 1.29. The van der Waals surface area contributed by atoms with E-state index >= 15 is 0 Å². The molecule has 256 valence electrons. The van der Waals surface area contributed by atoms with Crippen molar-refractivity contribution < 1.29 is 57.4 Å². The maximum absolute atomic E-state index is 13.6. The zero-order valence-corrected chi connectivity index (χ0v) is 27.9. The van der Waals surface area contributed by atoms with Crippen molar-refractivity contribution in [2.45, 2.75) is 145 Å². The number of allylic oxidation sites excluding steroid dienone is 1. The molecule has 14 atom stereocenters. The fraction of sp³-hybridized carbons (Fsp3) is 0.771. The fourth-order valence-corrected chi connectivity index (χ4v) is 11.3. The predicted molar refractivity (Wildman–Crippen MR) is 159 cm³/mol. The largest absolute Gasteiger partial charge is 0.459 e. The third-order valence-electron chi connectivity index (χ3n) is 13.1. The number of rotatable bonds is 4. The maximum atomic E-state index is 13.6. The van der Waals surface area contributed by atoms with E-state index in [4.69, 9.17) is 33.2 Å². The summed E-state index contributed by atoms with van der Waals surface area (Å²) in [7, 11) is 0. The van der Waals surface area contributed by atoms with E-state index in [0.717, 1.165) is 0 Å². The summed E-state index contributed by atoms with van der Waals surface area (Å²) in [5, 5.41) is 13.2. The van der Waals surface area contributed by atoms with Crippen LogP contribution >= 0.6 is 0 Å². The smallest absolute Gasteiger partial charge is 0.334 e. The van der Waals surface area contributed by atoms with Gasteiger partial charge in [0.1, 0.15) is 47.3 Å². The first-order chi connectivity index (χ1) is 22.0. The molecule has 7 fully saturated rings. The van der Waals surface area contributed by atoms with Gasteiger partial charge in [-0.1, -0.05) is 13.0 Å². The molecule has 8 rings (SSSR count). The van der Waals surface area contributed by atoms with Crippen LogP contribution in [0.15, 0.2) is 23.3 Å². The molecule has 5 heterocycles. The number of aliphatic hydroxyl groups is 1. The number of hydrogen-bond acceptors (Lipinski definition) is 12. The average molecular weight is 657 g/mol. The van der Waals surface area contributed by atoms with Crippen molar-refractivity contribution in [3.8, 4) is 0 Å². The number of hydrogen-bond donors (Lipinski definition) is 1. The molecule has 0 amide bonds. The van der Waals surface area contributed by atoms with Crippen molar-refractivity contribution in [3.05, 3.63) is 23.3 Å². The normalized spacial score (nSPS) is 51.7. The highest BCUT2D eigenvalue weighted by molar-refractivity contribution is 5.90. The number of esters is 4. The molecule has 12 nitrogen and oxygen atoms in total. The first-order valence-electron chi connectivity index (χ1n) is 16.9. The second-order valence-corrected chi connectivity index (χ2v) is 15.8. The van der Waals surface area contributed by atoms with Gasteiger partial charge < -0.3 is 38.3 Å². The first kappa shape index (κ1) is 31.5. The number of ether oxygens (including phenoxy) is 7. The Labute approximate surface area is 273 Å². The molecule has 0 aromatic carbocycles. The van der Waals surface area contributed by atoms with Crippen LogP contribution < -0.4 is 0 Å². The average Bonchev–Trinajstić information content (AvgIpc) is 3.13. The minimum Gasteiger partial charge on any atom is -0.459 e. The molecule has 0 unspecified atom stereocenters. The summed E-state index contributed by atoms with van der Waals surface area (Å²) in [6, 6.07) is 0. The van der Waals surface area contributed by atoms with Crippen LogP contribution in [0.5, 0.6) is 0 Å². The summed E-state index contributed by atoms with van der Waals surface area (Å²) in [6.07, 6.45) is 0.169. The summed E-state index contributed by atoms with van der Waals surface area (Å²) >= 11 is 0. The van der Waals surface area contributed by atoms with Gasteiger partial charge in [-0.15, -0.1) is 0 Å². The van der Waals surface area contributed by atoms with Crippen LogP contribution in [0.2, 0.25) is 0 Å². The van der Waals surface area contributed by atoms with Crippen molar-refractivity contribution in [1.82, 2.24) is 0 Å². The summed E-state index contributed by atoms with van der Waals surface area (Å²) in [4.78, 5) is 51.7. The van der Waals surface area contributed by atoms with E-state index in [9.17, 15) is 24.3 Å². The third-order valence-corrected chi connectivity index (χ3v) is 13.1. The van der Waals surface area contributed by atoms with Crippen molar-refractivity contribution >= 4 is 23.9 Å². The quantitative estimate of drug-likeness (QED) is 0.205. The van der Waals surface area contributed by atoms with E-state index < -0.39 is 94.2 Å². The lowest BCUT2D eigenvalue weighted by molar-refractivity contribution is -0.274. The third kappa shape index (κ3) is 3.90. The van der Waals surface area contributed by atoms with E-state index in [-0.39, 0.29) is 43.6 Å². The summed E-state index contributed by atoms with van der Waals surface area (Å²) < 4.78 is 44.8. The molecule has 12 heteroatoms. The van der Waals surface area contributed by atoms with E-state index in [1.807, 2.05) is 13.8 Å². The molecule has 47 heavy (non-hydrogen) atoms. The first-order valence-corrected chi connectivity index (χ1v) is 16.9. The molecule has 0 radical (unpaired) electrons. The number of fused-ring (bicyclic) bond motifs is 1. The van der Waals surface area contributed by atoms with Crippen molar-refractivity contribution in [2.75, 3.05) is 0 Å². The lowest BCUT2D eigenvalue weighted by Gasteiger charge is -2.56. The molecule has 5 aliphatic heterocycles. The summed E-state index contributed by atoms with van der Waals surface area (Å²) in [5.74, 6) is -3.45. The van der Waals surface area contributed by atoms with Crippen molar-refractivity contribution in [2.24, 2.45) is 23.7 Å². The fourth-order valence-electron chi connectivity index (χ4n) is 11.3. The van der Waals surface area contributed by atoms with Crippen LogP contribution in [0.25, 0.3) is 0 Å². The van der Waals surface area contributed by atoms with Gasteiger partial charge in [0.25, 0.3) is 0 Å². The van der Waals surface area contributed by atoms with E-state index in [0.29, 0.717) is 17.6 Å². The van der Waals surface area contributed by atoms with Gasteiger partial charge in [0, 0.05) is 42.7 Å². The van der Waals surface area contributed by atoms with Gasteiger partial charge in [0.15, 0.2) is 0 Å². The predicted octanol–water partition coefficient (Wildman–Crippen LogP) is 2.62. The Hall–Kier alpha value is -2.80. The lowest BCUT2D eigenvalue weighted by atomic mass is 9.55. The Bertz CT molecular complexity index is 1530. The second kappa shape index (κ2) is 9.67. The van der Waals surface area contributed by atoms with Crippen LogP contribution in [0.4, 0.5) is 0 Å². The minimum atomic E-state index is -1.69.